The van der Waals surface area contributed by atoms with E-state index in [0.29, 0.717) is 29.3 Å². The van der Waals surface area contributed by atoms with Crippen molar-refractivity contribution in [1.29, 1.82) is 0 Å². The fraction of sp³-hybridized carbons (Fsp3) is 0.583. The normalized spacial score (nSPS) is 10.6. The summed E-state index contributed by atoms with van der Waals surface area (Å²) >= 11 is 5.95. The Hall–Kier alpha value is -1.36. The molecular formula is C12H19ClN4O. The second-order valence-electron chi connectivity index (χ2n) is 4.59. The van der Waals surface area contributed by atoms with Gasteiger partial charge in [-0.15, -0.1) is 0 Å². The lowest BCUT2D eigenvalue weighted by atomic mass is 10.2. The van der Waals surface area contributed by atoms with Gasteiger partial charge in [-0.1, -0.05) is 25.4 Å². The van der Waals surface area contributed by atoms with Crippen LogP contribution in [-0.2, 0) is 4.79 Å². The molecule has 2 N–H and O–H groups in total. The van der Waals surface area contributed by atoms with Gasteiger partial charge in [0.2, 0.25) is 5.91 Å². The Morgan fingerprint density at radius 3 is 2.61 bits per heavy atom. The first-order valence-corrected chi connectivity index (χ1v) is 6.29. The van der Waals surface area contributed by atoms with E-state index in [9.17, 15) is 4.79 Å². The minimum absolute atomic E-state index is 0.0597. The van der Waals surface area contributed by atoms with Gasteiger partial charge in [0.15, 0.2) is 0 Å². The Kier molecular flexibility index (Phi) is 5.34. The van der Waals surface area contributed by atoms with Crippen molar-refractivity contribution in [2.75, 3.05) is 18.4 Å². The molecule has 6 heteroatoms. The molecule has 0 unspecified atom stereocenters. The molecule has 0 saturated heterocycles. The fourth-order valence-electron chi connectivity index (χ4n) is 1.31. The molecule has 0 atom stereocenters. The number of nitrogens with one attached hydrogen (secondary N) is 2. The van der Waals surface area contributed by atoms with E-state index in [0.717, 1.165) is 5.56 Å². The van der Waals surface area contributed by atoms with Crippen molar-refractivity contribution >= 4 is 23.3 Å². The SMILES string of the molecule is Cc1nc(Cl)c(C)c(NCC(=O)NCC(C)C)n1. The Morgan fingerprint density at radius 2 is 2.00 bits per heavy atom. The summed E-state index contributed by atoms with van der Waals surface area (Å²) in [5, 5.41) is 6.20. The largest absolute Gasteiger partial charge is 0.361 e. The number of anilines is 1. The molecule has 1 aromatic rings. The van der Waals surface area contributed by atoms with Crippen LogP contribution in [0.1, 0.15) is 25.2 Å². The number of aromatic nitrogens is 2. The maximum Gasteiger partial charge on any atom is 0.239 e. The summed E-state index contributed by atoms with van der Waals surface area (Å²) in [6.07, 6.45) is 0. The van der Waals surface area contributed by atoms with Crippen molar-refractivity contribution in [3.05, 3.63) is 16.5 Å². The van der Waals surface area contributed by atoms with Crippen molar-refractivity contribution in [1.82, 2.24) is 15.3 Å². The molecule has 0 spiro atoms. The molecule has 0 aliphatic heterocycles. The van der Waals surface area contributed by atoms with Crippen LogP contribution in [0.4, 0.5) is 5.82 Å². The number of rotatable bonds is 5. The molecule has 0 saturated carbocycles. The van der Waals surface area contributed by atoms with E-state index in [-0.39, 0.29) is 12.5 Å². The molecule has 1 heterocycles. The number of carbonyl (C=O) groups is 1. The van der Waals surface area contributed by atoms with Crippen LogP contribution in [0.15, 0.2) is 0 Å². The lowest BCUT2D eigenvalue weighted by Gasteiger charge is -2.11. The van der Waals surface area contributed by atoms with Crippen LogP contribution in [0.5, 0.6) is 0 Å². The highest BCUT2D eigenvalue weighted by Gasteiger charge is 2.08. The molecule has 0 aliphatic rings. The number of amides is 1. The van der Waals surface area contributed by atoms with Gasteiger partial charge in [0.05, 0.1) is 6.54 Å². The second kappa shape index (κ2) is 6.54. The van der Waals surface area contributed by atoms with Crippen molar-refractivity contribution in [3.8, 4) is 0 Å². The van der Waals surface area contributed by atoms with E-state index in [2.05, 4.69) is 20.6 Å². The van der Waals surface area contributed by atoms with Crippen molar-refractivity contribution in [2.24, 2.45) is 5.92 Å². The summed E-state index contributed by atoms with van der Waals surface area (Å²) in [6, 6.07) is 0. The third-order valence-corrected chi connectivity index (χ3v) is 2.69. The number of aryl methyl sites for hydroxylation is 1. The van der Waals surface area contributed by atoms with E-state index in [1.807, 2.05) is 20.8 Å². The third-order valence-electron chi connectivity index (χ3n) is 2.32. The highest BCUT2D eigenvalue weighted by molar-refractivity contribution is 6.30. The molecule has 18 heavy (non-hydrogen) atoms. The van der Waals surface area contributed by atoms with Crippen molar-refractivity contribution in [3.63, 3.8) is 0 Å². The van der Waals surface area contributed by atoms with Crippen molar-refractivity contribution < 1.29 is 4.79 Å². The van der Waals surface area contributed by atoms with E-state index in [1.54, 1.807) is 6.92 Å². The maximum absolute atomic E-state index is 11.6. The van der Waals surface area contributed by atoms with E-state index in [4.69, 9.17) is 11.6 Å². The average Bonchev–Trinajstić information content (AvgIpc) is 2.29. The van der Waals surface area contributed by atoms with Gasteiger partial charge in [-0.2, -0.15) is 0 Å². The number of carbonyl (C=O) groups excluding carboxylic acids is 1. The summed E-state index contributed by atoms with van der Waals surface area (Å²) in [4.78, 5) is 19.8. The Bertz CT molecular complexity index is 434. The molecule has 1 aromatic heterocycles. The minimum atomic E-state index is -0.0597. The van der Waals surface area contributed by atoms with Crippen molar-refractivity contribution in [2.45, 2.75) is 27.7 Å². The predicted octanol–water partition coefficient (Wildman–Crippen LogP) is 1.93. The van der Waals surface area contributed by atoms with Crippen LogP contribution >= 0.6 is 11.6 Å². The second-order valence-corrected chi connectivity index (χ2v) is 4.94. The van der Waals surface area contributed by atoms with Gasteiger partial charge >= 0.3 is 0 Å². The molecule has 5 nitrogen and oxygen atoms in total. The lowest BCUT2D eigenvalue weighted by molar-refractivity contribution is -0.119. The summed E-state index contributed by atoms with van der Waals surface area (Å²) in [7, 11) is 0. The van der Waals surface area contributed by atoms with Crippen LogP contribution < -0.4 is 10.6 Å². The quantitative estimate of drug-likeness (QED) is 0.803. The monoisotopic (exact) mass is 270 g/mol. The van der Waals surface area contributed by atoms with Gasteiger partial charge in [-0.05, 0) is 19.8 Å². The predicted molar refractivity (Wildman–Crippen MR) is 72.9 cm³/mol. The van der Waals surface area contributed by atoms with Gasteiger partial charge in [0, 0.05) is 12.1 Å². The Morgan fingerprint density at radius 1 is 1.33 bits per heavy atom. The van der Waals surface area contributed by atoms with Gasteiger partial charge < -0.3 is 10.6 Å². The van der Waals surface area contributed by atoms with Gasteiger partial charge in [-0.3, -0.25) is 4.79 Å². The van der Waals surface area contributed by atoms with Crippen LogP contribution in [0, 0.1) is 19.8 Å². The van der Waals surface area contributed by atoms with Crippen LogP contribution in [0.25, 0.3) is 0 Å². The average molecular weight is 271 g/mol. The smallest absolute Gasteiger partial charge is 0.239 e. The molecule has 0 aromatic carbocycles. The zero-order chi connectivity index (χ0) is 13.7. The molecular weight excluding hydrogens is 252 g/mol. The fourth-order valence-corrected chi connectivity index (χ4v) is 1.52. The molecule has 0 fully saturated rings. The number of nitrogens with zero attached hydrogens (tertiary/aromatic N) is 2. The zero-order valence-electron chi connectivity index (χ0n) is 11.2. The molecule has 1 amide bonds. The maximum atomic E-state index is 11.6. The Balaban J connectivity index is 2.56. The van der Waals surface area contributed by atoms with Crippen LogP contribution in [0.2, 0.25) is 5.15 Å². The summed E-state index contributed by atoms with van der Waals surface area (Å²) in [5.74, 6) is 1.56. The number of hydrogen-bond acceptors (Lipinski definition) is 4. The summed E-state index contributed by atoms with van der Waals surface area (Å²) in [5.41, 5.74) is 0.749. The molecule has 0 bridgehead atoms. The van der Waals surface area contributed by atoms with E-state index >= 15 is 0 Å². The van der Waals surface area contributed by atoms with Gasteiger partial charge in [0.25, 0.3) is 0 Å². The molecule has 1 rings (SSSR count). The summed E-state index contributed by atoms with van der Waals surface area (Å²) in [6.45, 7) is 8.52. The third kappa shape index (κ3) is 4.49. The standard InChI is InChI=1S/C12H19ClN4O/c1-7(2)5-14-10(18)6-15-12-8(3)11(13)16-9(4)17-12/h7H,5-6H2,1-4H3,(H,14,18)(H,15,16,17). The zero-order valence-corrected chi connectivity index (χ0v) is 11.9. The number of hydrogen-bond donors (Lipinski definition) is 2. The minimum Gasteiger partial charge on any atom is -0.361 e. The summed E-state index contributed by atoms with van der Waals surface area (Å²) < 4.78 is 0. The molecule has 100 valence electrons. The van der Waals surface area contributed by atoms with Gasteiger partial charge in [0.1, 0.15) is 16.8 Å². The van der Waals surface area contributed by atoms with E-state index < -0.39 is 0 Å². The first-order valence-electron chi connectivity index (χ1n) is 5.91. The Labute approximate surface area is 112 Å². The molecule has 0 aliphatic carbocycles. The number of halogens is 1. The highest BCUT2D eigenvalue weighted by Crippen LogP contribution is 2.19. The van der Waals surface area contributed by atoms with Crippen LogP contribution in [0.3, 0.4) is 0 Å². The molecule has 0 radical (unpaired) electrons. The van der Waals surface area contributed by atoms with Crippen LogP contribution in [-0.4, -0.2) is 29.0 Å². The first-order chi connectivity index (χ1) is 8.40. The van der Waals surface area contributed by atoms with Gasteiger partial charge in [-0.25, -0.2) is 9.97 Å². The lowest BCUT2D eigenvalue weighted by Crippen LogP contribution is -2.32. The van der Waals surface area contributed by atoms with E-state index in [1.165, 1.54) is 0 Å². The highest BCUT2D eigenvalue weighted by atomic mass is 35.5. The topological polar surface area (TPSA) is 66.9 Å². The first kappa shape index (κ1) is 14.7.